The van der Waals surface area contributed by atoms with Gasteiger partial charge in [0.1, 0.15) is 6.54 Å². The van der Waals surface area contributed by atoms with Gasteiger partial charge in [0.05, 0.1) is 24.5 Å². The number of hydrogen-bond donors (Lipinski definition) is 4. The van der Waals surface area contributed by atoms with E-state index in [0.29, 0.717) is 0 Å². The third-order valence-corrected chi connectivity index (χ3v) is 2.55. The lowest BCUT2D eigenvalue weighted by molar-refractivity contribution is 0.0985. The van der Waals surface area contributed by atoms with Crippen molar-refractivity contribution in [2.24, 2.45) is 5.18 Å². The quantitative estimate of drug-likeness (QED) is 0.284. The minimum atomic E-state index is -4.11. The number of hydrogen-bond acceptors (Lipinski definition) is 7. The number of nitrogens with one attached hydrogen (secondary N) is 1. The molecule has 90 valence electrons. The van der Waals surface area contributed by atoms with E-state index in [4.69, 9.17) is 14.8 Å². The van der Waals surface area contributed by atoms with Crippen molar-refractivity contribution in [1.29, 1.82) is 0 Å². The van der Waals surface area contributed by atoms with E-state index >= 15 is 0 Å². The zero-order valence-electron chi connectivity index (χ0n) is 7.96. The molecule has 9 heteroatoms. The van der Waals surface area contributed by atoms with Crippen LogP contribution in [0.25, 0.3) is 0 Å². The molecule has 0 rings (SSSR count). The highest BCUT2D eigenvalue weighted by atomic mass is 32.2. The minimum Gasteiger partial charge on any atom is -0.394 e. The molecule has 0 aromatic carbocycles. The van der Waals surface area contributed by atoms with Gasteiger partial charge in [-0.05, 0) is 0 Å². The summed E-state index contributed by atoms with van der Waals surface area (Å²) < 4.78 is 29.1. The number of aliphatic hydroxyl groups excluding tert-OH is 2. The van der Waals surface area contributed by atoms with Gasteiger partial charge in [0.15, 0.2) is 0 Å². The molecule has 4 N–H and O–H groups in total. The average Bonchev–Trinajstić information content (AvgIpc) is 2.14. The van der Waals surface area contributed by atoms with E-state index in [9.17, 15) is 13.3 Å². The average molecular weight is 242 g/mol. The van der Waals surface area contributed by atoms with Crippen LogP contribution in [0.2, 0.25) is 0 Å². The predicted molar refractivity (Wildman–Crippen MR) is 52.0 cm³/mol. The second kappa shape index (κ2) is 6.08. The van der Waals surface area contributed by atoms with Crippen LogP contribution in [0.4, 0.5) is 0 Å². The summed E-state index contributed by atoms with van der Waals surface area (Å²) in [4.78, 5) is 10.0. The third kappa shape index (κ3) is 5.74. The van der Waals surface area contributed by atoms with Crippen LogP contribution < -0.4 is 5.32 Å². The molecule has 0 bridgehead atoms. The van der Waals surface area contributed by atoms with Gasteiger partial charge < -0.3 is 15.5 Å². The van der Waals surface area contributed by atoms with Gasteiger partial charge in [0, 0.05) is 6.54 Å². The van der Waals surface area contributed by atoms with Crippen molar-refractivity contribution in [3.05, 3.63) is 4.91 Å². The van der Waals surface area contributed by atoms with Crippen molar-refractivity contribution >= 4 is 10.1 Å². The maximum Gasteiger partial charge on any atom is 0.266 e. The van der Waals surface area contributed by atoms with Crippen LogP contribution in [0.3, 0.4) is 0 Å². The van der Waals surface area contributed by atoms with Crippen molar-refractivity contribution in [2.45, 2.75) is 5.54 Å². The van der Waals surface area contributed by atoms with E-state index in [2.05, 4.69) is 10.5 Å². The molecule has 0 aliphatic carbocycles. The first-order chi connectivity index (χ1) is 6.89. The van der Waals surface area contributed by atoms with Crippen LogP contribution in [0, 0.1) is 4.91 Å². The van der Waals surface area contributed by atoms with E-state index in [1.165, 1.54) is 0 Å². The third-order valence-electron chi connectivity index (χ3n) is 1.83. The Kier molecular flexibility index (Phi) is 5.83. The zero-order chi connectivity index (χ0) is 11.9. The lowest BCUT2D eigenvalue weighted by atomic mass is 10.0. The molecule has 0 unspecified atom stereocenters. The van der Waals surface area contributed by atoms with Gasteiger partial charge in [0.25, 0.3) is 10.1 Å². The number of nitrogens with zero attached hydrogens (tertiary/aromatic N) is 1. The normalized spacial score (nSPS) is 12.7. The Bertz CT molecular complexity index is 286. The first-order valence-electron chi connectivity index (χ1n) is 4.10. The van der Waals surface area contributed by atoms with Crippen LogP contribution in [0.1, 0.15) is 0 Å². The maximum atomic E-state index is 10.4. The summed E-state index contributed by atoms with van der Waals surface area (Å²) in [5, 5.41) is 22.8. The van der Waals surface area contributed by atoms with E-state index in [-0.39, 0.29) is 6.54 Å². The first kappa shape index (κ1) is 14.4. The predicted octanol–water partition coefficient (Wildman–Crippen LogP) is -2.05. The fourth-order valence-electron chi connectivity index (χ4n) is 0.886. The fourth-order valence-corrected chi connectivity index (χ4v) is 1.25. The second-order valence-electron chi connectivity index (χ2n) is 3.10. The monoisotopic (exact) mass is 242 g/mol. The SMILES string of the molecule is O=NCC(CO)(CO)NCCS(=O)(=O)O. The Balaban J connectivity index is 4.23. The summed E-state index contributed by atoms with van der Waals surface area (Å²) in [6, 6.07) is 0. The summed E-state index contributed by atoms with van der Waals surface area (Å²) in [6.07, 6.45) is 0. The van der Waals surface area contributed by atoms with Gasteiger partial charge in [-0.25, -0.2) is 0 Å². The van der Waals surface area contributed by atoms with Crippen LogP contribution in [-0.2, 0) is 10.1 Å². The Morgan fingerprint density at radius 2 is 1.80 bits per heavy atom. The molecular formula is C6H14N2O6S. The highest BCUT2D eigenvalue weighted by Crippen LogP contribution is 2.03. The topological polar surface area (TPSA) is 136 Å². The van der Waals surface area contributed by atoms with E-state index < -0.39 is 41.2 Å². The molecule has 0 atom stereocenters. The molecule has 0 fully saturated rings. The molecular weight excluding hydrogens is 228 g/mol. The second-order valence-corrected chi connectivity index (χ2v) is 4.67. The van der Waals surface area contributed by atoms with Crippen LogP contribution in [0.15, 0.2) is 5.18 Å². The van der Waals surface area contributed by atoms with Crippen LogP contribution >= 0.6 is 0 Å². The van der Waals surface area contributed by atoms with Crippen molar-refractivity contribution in [2.75, 3.05) is 32.1 Å². The molecule has 0 amide bonds. The smallest absolute Gasteiger partial charge is 0.266 e. The molecule has 8 nitrogen and oxygen atoms in total. The highest BCUT2D eigenvalue weighted by molar-refractivity contribution is 7.85. The molecule has 0 radical (unpaired) electrons. The molecule has 0 saturated heterocycles. The van der Waals surface area contributed by atoms with Crippen molar-refractivity contribution in [1.82, 2.24) is 5.32 Å². The van der Waals surface area contributed by atoms with Gasteiger partial charge >= 0.3 is 0 Å². The largest absolute Gasteiger partial charge is 0.394 e. The molecule has 15 heavy (non-hydrogen) atoms. The standard InChI is InChI=1S/C6H14N2O6S/c9-4-6(5-10,3-8-11)7-1-2-15(12,13)14/h7,9-10H,1-5H2,(H,12,13,14). The molecule has 0 spiro atoms. The summed E-state index contributed by atoms with van der Waals surface area (Å²) in [7, 11) is -4.11. The summed E-state index contributed by atoms with van der Waals surface area (Å²) in [5.74, 6) is -0.576. The van der Waals surface area contributed by atoms with E-state index in [0.717, 1.165) is 0 Å². The van der Waals surface area contributed by atoms with Crippen LogP contribution in [0.5, 0.6) is 0 Å². The van der Waals surface area contributed by atoms with E-state index in [1.54, 1.807) is 0 Å². The minimum absolute atomic E-state index is 0.199. The lowest BCUT2D eigenvalue weighted by Gasteiger charge is -2.27. The Morgan fingerprint density at radius 3 is 2.13 bits per heavy atom. The first-order valence-corrected chi connectivity index (χ1v) is 5.71. The van der Waals surface area contributed by atoms with Gasteiger partial charge in [-0.15, -0.1) is 0 Å². The molecule has 0 aromatic rings. The molecule has 0 saturated carbocycles. The number of aliphatic hydroxyl groups is 2. The highest BCUT2D eigenvalue weighted by Gasteiger charge is 2.28. The van der Waals surface area contributed by atoms with E-state index in [1.807, 2.05) is 0 Å². The Morgan fingerprint density at radius 1 is 1.27 bits per heavy atom. The summed E-state index contributed by atoms with van der Waals surface area (Å²) in [5.41, 5.74) is -1.34. The van der Waals surface area contributed by atoms with Crippen molar-refractivity contribution in [3.63, 3.8) is 0 Å². The van der Waals surface area contributed by atoms with Crippen molar-refractivity contribution < 1.29 is 23.2 Å². The summed E-state index contributed by atoms with van der Waals surface area (Å²) in [6.45, 7) is -1.73. The van der Waals surface area contributed by atoms with Gasteiger partial charge in [-0.2, -0.15) is 13.3 Å². The number of rotatable bonds is 8. The molecule has 0 aromatic heterocycles. The maximum absolute atomic E-state index is 10.4. The molecule has 0 aliphatic heterocycles. The van der Waals surface area contributed by atoms with Crippen LogP contribution in [-0.4, -0.2) is 60.8 Å². The van der Waals surface area contributed by atoms with Gasteiger partial charge in [-0.3, -0.25) is 4.55 Å². The zero-order valence-corrected chi connectivity index (χ0v) is 8.77. The fraction of sp³-hybridized carbons (Fsp3) is 1.00. The Hall–Kier alpha value is -0.610. The van der Waals surface area contributed by atoms with Gasteiger partial charge in [-0.1, -0.05) is 5.18 Å². The molecule has 0 heterocycles. The number of nitroso groups, excluding NO2 is 1. The molecule has 0 aliphatic rings. The summed E-state index contributed by atoms with van der Waals surface area (Å²) >= 11 is 0. The van der Waals surface area contributed by atoms with Gasteiger partial charge in [0.2, 0.25) is 0 Å². The lowest BCUT2D eigenvalue weighted by Crippen LogP contribution is -2.55. The van der Waals surface area contributed by atoms with Crippen molar-refractivity contribution in [3.8, 4) is 0 Å². The Labute approximate surface area is 87.0 Å².